The SMILES string of the molecule is C[P+](=O)C(O)C[C@@H](O)[C@@H](O)[C@@H](O)CNOCc1ccccc1. The van der Waals surface area contributed by atoms with Crippen molar-refractivity contribution in [2.45, 2.75) is 37.2 Å². The molecule has 1 rings (SSSR count). The second-order valence-corrected chi connectivity index (χ2v) is 6.70. The molecule has 0 heterocycles. The fourth-order valence-electron chi connectivity index (χ4n) is 1.73. The van der Waals surface area contributed by atoms with Gasteiger partial charge in [0.15, 0.2) is 0 Å². The zero-order chi connectivity index (χ0) is 16.5. The van der Waals surface area contributed by atoms with Crippen LogP contribution in [-0.2, 0) is 16.0 Å². The lowest BCUT2D eigenvalue weighted by atomic mass is 10.1. The summed E-state index contributed by atoms with van der Waals surface area (Å²) in [5, 5.41) is 38.5. The Labute approximate surface area is 130 Å². The molecule has 0 spiro atoms. The van der Waals surface area contributed by atoms with E-state index in [-0.39, 0.29) is 13.0 Å². The van der Waals surface area contributed by atoms with Crippen molar-refractivity contribution in [3.63, 3.8) is 0 Å². The monoisotopic (exact) mass is 332 g/mol. The molecule has 0 saturated heterocycles. The van der Waals surface area contributed by atoms with E-state index in [2.05, 4.69) is 5.48 Å². The Bertz CT molecular complexity index is 446. The third-order valence-electron chi connectivity index (χ3n) is 3.14. The highest BCUT2D eigenvalue weighted by atomic mass is 31.1. The van der Waals surface area contributed by atoms with Gasteiger partial charge in [0.2, 0.25) is 0 Å². The van der Waals surface area contributed by atoms with Crippen molar-refractivity contribution in [2.24, 2.45) is 0 Å². The van der Waals surface area contributed by atoms with Gasteiger partial charge < -0.3 is 20.4 Å². The second kappa shape index (κ2) is 9.97. The average Bonchev–Trinajstić information content (AvgIpc) is 2.51. The Morgan fingerprint density at radius 2 is 1.77 bits per heavy atom. The number of hydrogen-bond acceptors (Lipinski definition) is 7. The molecule has 0 aliphatic carbocycles. The van der Waals surface area contributed by atoms with E-state index in [0.717, 1.165) is 5.56 Å². The van der Waals surface area contributed by atoms with Gasteiger partial charge in [-0.1, -0.05) is 34.9 Å². The van der Waals surface area contributed by atoms with Gasteiger partial charge >= 0.3 is 7.80 Å². The van der Waals surface area contributed by atoms with E-state index >= 15 is 0 Å². The quantitative estimate of drug-likeness (QED) is 0.232. The van der Waals surface area contributed by atoms with Crippen LogP contribution >= 0.6 is 7.80 Å². The zero-order valence-electron chi connectivity index (χ0n) is 12.4. The first kappa shape index (κ1) is 19.1. The van der Waals surface area contributed by atoms with E-state index in [1.54, 1.807) is 0 Å². The molecule has 5 N–H and O–H groups in total. The van der Waals surface area contributed by atoms with Gasteiger partial charge in [-0.15, -0.1) is 0 Å². The molecule has 1 aromatic carbocycles. The molecule has 7 nitrogen and oxygen atoms in total. The van der Waals surface area contributed by atoms with E-state index in [4.69, 9.17) is 4.84 Å². The van der Waals surface area contributed by atoms with Gasteiger partial charge in [0.1, 0.15) is 12.8 Å². The number of hydroxylamine groups is 1. The van der Waals surface area contributed by atoms with Crippen LogP contribution in [-0.4, -0.2) is 57.8 Å². The van der Waals surface area contributed by atoms with Crippen LogP contribution in [0.4, 0.5) is 0 Å². The maximum Gasteiger partial charge on any atom is 0.366 e. The smallest absolute Gasteiger partial charge is 0.366 e. The van der Waals surface area contributed by atoms with E-state index in [9.17, 15) is 25.0 Å². The van der Waals surface area contributed by atoms with E-state index in [1.165, 1.54) is 6.66 Å². The molecule has 2 unspecified atom stereocenters. The van der Waals surface area contributed by atoms with Crippen molar-refractivity contribution in [1.82, 2.24) is 5.48 Å². The third-order valence-corrected chi connectivity index (χ3v) is 4.19. The lowest BCUT2D eigenvalue weighted by Gasteiger charge is -2.22. The van der Waals surface area contributed by atoms with Crippen molar-refractivity contribution in [2.75, 3.05) is 13.2 Å². The molecule has 124 valence electrons. The van der Waals surface area contributed by atoms with Crippen LogP contribution in [0.5, 0.6) is 0 Å². The van der Waals surface area contributed by atoms with E-state index < -0.39 is 32.0 Å². The predicted octanol–water partition coefficient (Wildman–Crippen LogP) is -0.0438. The molecule has 8 heteroatoms. The summed E-state index contributed by atoms with van der Waals surface area (Å²) in [7, 11) is -1.87. The fraction of sp³-hybridized carbons (Fsp3) is 0.571. The maximum atomic E-state index is 11.0. The van der Waals surface area contributed by atoms with Gasteiger partial charge in [0.05, 0.1) is 18.8 Å². The Morgan fingerprint density at radius 1 is 1.14 bits per heavy atom. The van der Waals surface area contributed by atoms with Crippen LogP contribution in [0.1, 0.15) is 12.0 Å². The summed E-state index contributed by atoms with van der Waals surface area (Å²) in [5.74, 6) is -1.21. The van der Waals surface area contributed by atoms with Crippen LogP contribution in [0.25, 0.3) is 0 Å². The number of aliphatic hydroxyl groups excluding tert-OH is 4. The molecule has 0 amide bonds. The predicted molar refractivity (Wildman–Crippen MR) is 81.4 cm³/mol. The van der Waals surface area contributed by atoms with Crippen molar-refractivity contribution >= 4 is 7.80 Å². The molecular weight excluding hydrogens is 309 g/mol. The lowest BCUT2D eigenvalue weighted by molar-refractivity contribution is -0.0844. The van der Waals surface area contributed by atoms with Crippen LogP contribution in [0.3, 0.4) is 0 Å². The minimum Gasteiger partial charge on any atom is -0.390 e. The first-order valence-electron chi connectivity index (χ1n) is 6.92. The highest BCUT2D eigenvalue weighted by Crippen LogP contribution is 2.25. The molecule has 0 fully saturated rings. The maximum absolute atomic E-state index is 11.0. The van der Waals surface area contributed by atoms with Crippen LogP contribution < -0.4 is 5.48 Å². The van der Waals surface area contributed by atoms with Gasteiger partial charge in [-0.25, -0.2) is 0 Å². The molecule has 0 bridgehead atoms. The van der Waals surface area contributed by atoms with Gasteiger partial charge in [0.25, 0.3) is 5.85 Å². The molecule has 1 aromatic rings. The van der Waals surface area contributed by atoms with Gasteiger partial charge in [-0.3, -0.25) is 4.84 Å². The Balaban J connectivity index is 2.25. The molecule has 5 atom stereocenters. The minimum absolute atomic E-state index is 0.0978. The summed E-state index contributed by atoms with van der Waals surface area (Å²) in [4.78, 5) is 5.14. The molecule has 22 heavy (non-hydrogen) atoms. The first-order valence-corrected chi connectivity index (χ1v) is 8.70. The number of rotatable bonds is 10. The number of nitrogens with one attached hydrogen (secondary N) is 1. The largest absolute Gasteiger partial charge is 0.390 e. The number of aliphatic hydroxyl groups is 4. The Hall–Kier alpha value is -0.920. The van der Waals surface area contributed by atoms with Crippen molar-refractivity contribution in [3.05, 3.63) is 35.9 Å². The van der Waals surface area contributed by atoms with E-state index in [1.807, 2.05) is 30.3 Å². The third kappa shape index (κ3) is 6.89. The average molecular weight is 332 g/mol. The van der Waals surface area contributed by atoms with Crippen LogP contribution in [0.15, 0.2) is 30.3 Å². The summed E-state index contributed by atoms with van der Waals surface area (Å²) in [5.41, 5.74) is 3.45. The van der Waals surface area contributed by atoms with E-state index in [0.29, 0.717) is 6.61 Å². The number of benzene rings is 1. The Kier molecular flexibility index (Phi) is 8.67. The topological polar surface area (TPSA) is 119 Å². The summed E-state index contributed by atoms with van der Waals surface area (Å²) in [6, 6.07) is 9.39. The van der Waals surface area contributed by atoms with Crippen molar-refractivity contribution in [3.8, 4) is 0 Å². The van der Waals surface area contributed by atoms with Crippen LogP contribution in [0, 0.1) is 0 Å². The highest BCUT2D eigenvalue weighted by molar-refractivity contribution is 7.44. The normalized spacial score (nSPS) is 17.6. The second-order valence-electron chi connectivity index (χ2n) is 5.01. The molecule has 0 aromatic heterocycles. The molecular formula is C14H23NO6P+. The van der Waals surface area contributed by atoms with Gasteiger partial charge in [0, 0.05) is 13.0 Å². The zero-order valence-corrected chi connectivity index (χ0v) is 13.3. The summed E-state index contributed by atoms with van der Waals surface area (Å²) in [6.45, 7) is 1.52. The van der Waals surface area contributed by atoms with Gasteiger partial charge in [-0.05, 0) is 5.56 Å². The fourth-order valence-corrected chi connectivity index (χ4v) is 2.25. The van der Waals surface area contributed by atoms with Crippen molar-refractivity contribution in [1.29, 1.82) is 0 Å². The summed E-state index contributed by atoms with van der Waals surface area (Å²) < 4.78 is 11.0. The Morgan fingerprint density at radius 3 is 2.36 bits per heavy atom. The highest BCUT2D eigenvalue weighted by Gasteiger charge is 2.32. The number of hydrogen-bond donors (Lipinski definition) is 5. The minimum atomic E-state index is -1.87. The summed E-state index contributed by atoms with van der Waals surface area (Å²) in [6.07, 6.45) is -4.40. The lowest BCUT2D eigenvalue weighted by Crippen LogP contribution is -2.44. The van der Waals surface area contributed by atoms with Gasteiger partial charge in [-0.2, -0.15) is 5.48 Å². The molecule has 0 radical (unpaired) electrons. The molecule has 0 aliphatic rings. The standard InChI is InChI=1S/C14H23NO6P/c1-22(20)13(18)7-11(16)14(19)12(17)8-15-21-9-10-5-3-2-4-6-10/h2-6,11-19H,7-9H2,1H3/q+1/t11-,12+,13?,14-/m1/s1. The molecule has 0 saturated carbocycles. The summed E-state index contributed by atoms with van der Waals surface area (Å²) >= 11 is 0. The van der Waals surface area contributed by atoms with Crippen LogP contribution in [0.2, 0.25) is 0 Å². The molecule has 0 aliphatic heterocycles. The first-order chi connectivity index (χ1) is 10.4. The van der Waals surface area contributed by atoms with Crippen molar-refractivity contribution < 1.29 is 29.8 Å².